The summed E-state index contributed by atoms with van der Waals surface area (Å²) >= 11 is 0. The molecule has 4 nitrogen and oxygen atoms in total. The highest BCUT2D eigenvalue weighted by Crippen LogP contribution is 2.37. The Morgan fingerprint density at radius 2 is 1.62 bits per heavy atom. The first-order valence-corrected chi connectivity index (χ1v) is 10.7. The predicted octanol–water partition coefficient (Wildman–Crippen LogP) is 4.46. The van der Waals surface area contributed by atoms with Crippen molar-refractivity contribution in [2.45, 2.75) is 84.5 Å². The molecular weight excluding hydrogens is 362 g/mol. The van der Waals surface area contributed by atoms with Crippen LogP contribution in [0.1, 0.15) is 72.3 Å². The van der Waals surface area contributed by atoms with E-state index in [0.29, 0.717) is 17.7 Å². The van der Waals surface area contributed by atoms with Crippen LogP contribution in [0.3, 0.4) is 0 Å². The van der Waals surface area contributed by atoms with Crippen LogP contribution in [0, 0.1) is 5.21 Å². The zero-order valence-corrected chi connectivity index (χ0v) is 18.5. The van der Waals surface area contributed by atoms with Crippen molar-refractivity contribution in [3.8, 4) is 0 Å². The molecule has 4 atom stereocenters. The van der Waals surface area contributed by atoms with E-state index in [-0.39, 0.29) is 5.06 Å². The van der Waals surface area contributed by atoms with E-state index in [9.17, 15) is 15.4 Å². The van der Waals surface area contributed by atoms with E-state index in [1.54, 1.807) is 31.2 Å². The Bertz CT molecular complexity index is 776. The van der Waals surface area contributed by atoms with Crippen LogP contribution in [0.15, 0.2) is 59.2 Å². The summed E-state index contributed by atoms with van der Waals surface area (Å²) in [5.74, 6) is 0. The maximum absolute atomic E-state index is 12.5. The van der Waals surface area contributed by atoms with E-state index >= 15 is 0 Å². The number of aliphatic hydroxyl groups is 2. The Kier molecular flexibility index (Phi) is 8.41. The van der Waals surface area contributed by atoms with Gasteiger partial charge in [-0.2, -0.15) is 0 Å². The summed E-state index contributed by atoms with van der Waals surface area (Å²) < 4.78 is 0. The Labute approximate surface area is 175 Å². The molecule has 29 heavy (non-hydrogen) atoms. The molecule has 0 amide bonds. The Hall–Kier alpha value is -1.72. The molecule has 0 saturated carbocycles. The van der Waals surface area contributed by atoms with Crippen molar-refractivity contribution in [2.75, 3.05) is 0 Å². The predicted molar refractivity (Wildman–Crippen MR) is 120 cm³/mol. The van der Waals surface area contributed by atoms with Gasteiger partial charge in [0.2, 0.25) is 0 Å². The minimum atomic E-state index is -1.43. The zero-order chi connectivity index (χ0) is 21.6. The number of rotatable bonds is 8. The van der Waals surface area contributed by atoms with E-state index in [0.717, 1.165) is 25.7 Å². The van der Waals surface area contributed by atoms with Gasteiger partial charge in [-0.05, 0) is 66.4 Å². The van der Waals surface area contributed by atoms with Gasteiger partial charge >= 0.3 is 0 Å². The number of hydroxylamine groups is 1. The maximum Gasteiger partial charge on any atom is 0.139 e. The summed E-state index contributed by atoms with van der Waals surface area (Å²) in [4.78, 5) is 0. The summed E-state index contributed by atoms with van der Waals surface area (Å²) in [5.41, 5.74) is 3.57. The fourth-order valence-electron chi connectivity index (χ4n) is 3.94. The largest absolute Gasteiger partial charge is 0.629 e. The van der Waals surface area contributed by atoms with Gasteiger partial charge in [-0.1, -0.05) is 53.1 Å². The molecule has 0 bridgehead atoms. The number of para-hydroxylation sites is 1. The molecule has 160 valence electrons. The molecule has 1 aliphatic rings. The highest BCUT2D eigenvalue weighted by atomic mass is 16.5. The first-order valence-electron chi connectivity index (χ1n) is 10.7. The van der Waals surface area contributed by atoms with Crippen LogP contribution in [-0.2, 0) is 5.60 Å². The Balaban J connectivity index is 2.02. The van der Waals surface area contributed by atoms with Crippen molar-refractivity contribution in [3.63, 3.8) is 0 Å². The van der Waals surface area contributed by atoms with Crippen LogP contribution in [0.5, 0.6) is 0 Å². The van der Waals surface area contributed by atoms with Crippen LogP contribution in [-0.4, -0.2) is 22.4 Å². The first-order chi connectivity index (χ1) is 13.7. The minimum Gasteiger partial charge on any atom is -0.629 e. The van der Waals surface area contributed by atoms with Gasteiger partial charge in [0, 0.05) is 12.0 Å². The van der Waals surface area contributed by atoms with E-state index in [4.69, 9.17) is 0 Å². The average molecular weight is 400 g/mol. The quantitative estimate of drug-likeness (QED) is 0.446. The molecule has 2 rings (SSSR count). The van der Waals surface area contributed by atoms with Gasteiger partial charge in [0.15, 0.2) is 0 Å². The second-order valence-electron chi connectivity index (χ2n) is 8.73. The number of aliphatic hydroxyl groups excluding tert-OH is 1. The number of quaternary nitrogens is 1. The highest BCUT2D eigenvalue weighted by Gasteiger charge is 2.49. The fraction of sp³-hybridized carbons (Fsp3) is 0.520. The summed E-state index contributed by atoms with van der Waals surface area (Å²) in [7, 11) is 0. The van der Waals surface area contributed by atoms with E-state index in [1.807, 2.05) is 6.08 Å². The molecule has 4 unspecified atom stereocenters. The molecule has 3 N–H and O–H groups in total. The van der Waals surface area contributed by atoms with Crippen LogP contribution >= 0.6 is 0 Å². The number of hydrogen-bond donors (Lipinski definition) is 3. The van der Waals surface area contributed by atoms with Crippen molar-refractivity contribution < 1.29 is 15.3 Å². The lowest BCUT2D eigenvalue weighted by Crippen LogP contribution is -3.10. The highest BCUT2D eigenvalue weighted by molar-refractivity contribution is 5.46. The van der Waals surface area contributed by atoms with Gasteiger partial charge in [0.05, 0.1) is 0 Å². The molecule has 4 heteroatoms. The molecule has 1 aliphatic heterocycles. The zero-order valence-electron chi connectivity index (χ0n) is 18.5. The van der Waals surface area contributed by atoms with Crippen molar-refractivity contribution in [1.29, 1.82) is 0 Å². The summed E-state index contributed by atoms with van der Waals surface area (Å²) in [5, 5.41) is 34.4. The summed E-state index contributed by atoms with van der Waals surface area (Å²) in [6, 6.07) is 6.48. The van der Waals surface area contributed by atoms with Gasteiger partial charge in [-0.15, -0.1) is 0 Å². The summed E-state index contributed by atoms with van der Waals surface area (Å²) in [6.07, 6.45) is 9.82. The van der Waals surface area contributed by atoms with Crippen molar-refractivity contribution in [3.05, 3.63) is 70.0 Å². The van der Waals surface area contributed by atoms with Crippen molar-refractivity contribution in [2.24, 2.45) is 0 Å². The minimum absolute atomic E-state index is 0.104. The monoisotopic (exact) mass is 399 g/mol. The molecule has 1 aromatic carbocycles. The SMILES string of the molecule is CC(C)=CCCC(C)=CCCC(C)=CCC1(O)c2ccccc2[NH+]([O-])C(C)C1O. The molecule has 1 aromatic rings. The lowest BCUT2D eigenvalue weighted by Gasteiger charge is -2.46. The number of nitrogens with one attached hydrogen (secondary N) is 1. The third-order valence-corrected chi connectivity index (χ3v) is 5.92. The number of hydrogen-bond acceptors (Lipinski definition) is 3. The van der Waals surface area contributed by atoms with Crippen molar-refractivity contribution >= 4 is 5.69 Å². The molecule has 0 aromatic heterocycles. The van der Waals surface area contributed by atoms with Gasteiger partial charge < -0.3 is 20.5 Å². The molecule has 0 saturated heterocycles. The maximum atomic E-state index is 12.5. The Morgan fingerprint density at radius 3 is 2.28 bits per heavy atom. The molecule has 0 fully saturated rings. The van der Waals surface area contributed by atoms with Crippen LogP contribution < -0.4 is 5.06 Å². The molecule has 0 radical (unpaired) electrons. The second kappa shape index (κ2) is 10.4. The van der Waals surface area contributed by atoms with Gasteiger partial charge in [0.25, 0.3) is 0 Å². The second-order valence-corrected chi connectivity index (χ2v) is 8.73. The normalized spacial score (nSPS) is 27.5. The number of allylic oxidation sites excluding steroid dienone is 5. The van der Waals surface area contributed by atoms with Crippen LogP contribution in [0.2, 0.25) is 0 Å². The molecule has 0 spiro atoms. The van der Waals surface area contributed by atoms with E-state index < -0.39 is 17.7 Å². The number of fused-ring (bicyclic) bond motifs is 1. The standard InChI is InChI=1S/C25H37NO3/c1-18(2)10-8-11-19(3)12-9-13-20(4)16-17-25(28)22-14-6-7-15-23(22)26(29)21(5)24(25)27/h6-7,10,12,14-16,21,24,26-28H,8-9,11,13,17H2,1-5H3. The first kappa shape index (κ1) is 23.6. The summed E-state index contributed by atoms with van der Waals surface area (Å²) in [6.45, 7) is 10.2. The Morgan fingerprint density at radius 1 is 1.03 bits per heavy atom. The average Bonchev–Trinajstić information content (AvgIpc) is 2.69. The van der Waals surface area contributed by atoms with Gasteiger partial charge in [-0.25, -0.2) is 0 Å². The topological polar surface area (TPSA) is 68.0 Å². The van der Waals surface area contributed by atoms with Gasteiger partial charge in [-0.3, -0.25) is 0 Å². The smallest absolute Gasteiger partial charge is 0.139 e. The van der Waals surface area contributed by atoms with Gasteiger partial charge in [0.1, 0.15) is 23.4 Å². The molecule has 0 aliphatic carbocycles. The lowest BCUT2D eigenvalue weighted by atomic mass is 9.77. The van der Waals surface area contributed by atoms with Crippen LogP contribution in [0.4, 0.5) is 5.69 Å². The lowest BCUT2D eigenvalue weighted by molar-refractivity contribution is -0.816. The fourth-order valence-corrected chi connectivity index (χ4v) is 3.94. The van der Waals surface area contributed by atoms with Crippen LogP contribution in [0.25, 0.3) is 0 Å². The number of benzene rings is 1. The molecular formula is C25H37NO3. The third kappa shape index (κ3) is 5.89. The van der Waals surface area contributed by atoms with E-state index in [2.05, 4.69) is 39.8 Å². The third-order valence-electron chi connectivity index (χ3n) is 5.92. The van der Waals surface area contributed by atoms with Crippen molar-refractivity contribution in [1.82, 2.24) is 0 Å². The van der Waals surface area contributed by atoms with E-state index in [1.165, 1.54) is 16.7 Å². The molecule has 1 heterocycles.